The average molecular weight is 266 g/mol. The van der Waals surface area contributed by atoms with Crippen LogP contribution in [-0.2, 0) is 0 Å². The van der Waals surface area contributed by atoms with Gasteiger partial charge in [0.2, 0.25) is 0 Å². The highest BCUT2D eigenvalue weighted by atomic mass is 19.1. The molecule has 1 heterocycles. The Balaban J connectivity index is 2.02. The second kappa shape index (κ2) is 5.91. The van der Waals surface area contributed by atoms with Gasteiger partial charge in [0.1, 0.15) is 11.6 Å². The number of nitrogens with zero attached hydrogens (tertiary/aromatic N) is 1. The molecule has 1 saturated heterocycles. The van der Waals surface area contributed by atoms with Gasteiger partial charge in [-0.15, -0.1) is 0 Å². The number of piperidine rings is 1. The van der Waals surface area contributed by atoms with Gasteiger partial charge >= 0.3 is 6.03 Å². The van der Waals surface area contributed by atoms with E-state index >= 15 is 0 Å². The third-order valence-corrected chi connectivity index (χ3v) is 3.49. The van der Waals surface area contributed by atoms with E-state index in [1.54, 1.807) is 4.90 Å². The lowest BCUT2D eigenvalue weighted by molar-refractivity contribution is 0.186. The third kappa shape index (κ3) is 3.36. The topological polar surface area (TPSA) is 41.6 Å². The van der Waals surface area contributed by atoms with Crippen molar-refractivity contribution in [3.8, 4) is 5.75 Å². The average Bonchev–Trinajstić information content (AvgIpc) is 2.42. The molecule has 1 aromatic rings. The fourth-order valence-corrected chi connectivity index (χ4v) is 2.13. The molecule has 0 unspecified atom stereocenters. The van der Waals surface area contributed by atoms with Crippen LogP contribution in [0.4, 0.5) is 14.9 Å². The normalized spacial score (nSPS) is 16.3. The van der Waals surface area contributed by atoms with Gasteiger partial charge in [-0.3, -0.25) is 0 Å². The van der Waals surface area contributed by atoms with Crippen LogP contribution in [0.1, 0.15) is 19.8 Å². The van der Waals surface area contributed by atoms with E-state index in [1.807, 2.05) is 0 Å². The maximum atomic E-state index is 13.6. The third-order valence-electron chi connectivity index (χ3n) is 3.49. The molecule has 1 N–H and O–H groups in total. The number of benzene rings is 1. The van der Waals surface area contributed by atoms with Crippen molar-refractivity contribution in [1.29, 1.82) is 0 Å². The Morgan fingerprint density at radius 1 is 1.42 bits per heavy atom. The molecule has 5 heteroatoms. The molecular weight excluding hydrogens is 247 g/mol. The Morgan fingerprint density at radius 2 is 2.11 bits per heavy atom. The van der Waals surface area contributed by atoms with Gasteiger partial charge in [0.25, 0.3) is 0 Å². The Kier molecular flexibility index (Phi) is 4.24. The second-order valence-electron chi connectivity index (χ2n) is 4.95. The Hall–Kier alpha value is -1.78. The summed E-state index contributed by atoms with van der Waals surface area (Å²) in [5, 5.41) is 2.60. The van der Waals surface area contributed by atoms with Crippen LogP contribution in [0.3, 0.4) is 0 Å². The predicted octanol–water partition coefficient (Wildman–Crippen LogP) is 3.10. The summed E-state index contributed by atoms with van der Waals surface area (Å²) in [4.78, 5) is 13.8. The van der Waals surface area contributed by atoms with Gasteiger partial charge < -0.3 is 15.0 Å². The van der Waals surface area contributed by atoms with Crippen LogP contribution < -0.4 is 10.1 Å². The zero-order valence-electron chi connectivity index (χ0n) is 11.3. The number of hydrogen-bond donors (Lipinski definition) is 1. The predicted molar refractivity (Wildman–Crippen MR) is 71.9 cm³/mol. The summed E-state index contributed by atoms with van der Waals surface area (Å²) < 4.78 is 18.6. The van der Waals surface area contributed by atoms with Crippen LogP contribution in [0, 0.1) is 11.7 Å². The van der Waals surface area contributed by atoms with Crippen molar-refractivity contribution < 1.29 is 13.9 Å². The lowest BCUT2D eigenvalue weighted by Gasteiger charge is -2.30. The molecule has 0 aliphatic carbocycles. The summed E-state index contributed by atoms with van der Waals surface area (Å²) >= 11 is 0. The van der Waals surface area contributed by atoms with Gasteiger partial charge in [0, 0.05) is 19.2 Å². The molecule has 19 heavy (non-hydrogen) atoms. The molecule has 2 rings (SSSR count). The highest BCUT2D eigenvalue weighted by molar-refractivity contribution is 5.89. The molecule has 0 saturated carbocycles. The molecule has 1 fully saturated rings. The van der Waals surface area contributed by atoms with Crippen molar-refractivity contribution >= 4 is 11.7 Å². The molecule has 1 aliphatic rings. The van der Waals surface area contributed by atoms with Crippen LogP contribution in [0.15, 0.2) is 18.2 Å². The number of carbonyl (C=O) groups excluding carboxylic acids is 1. The van der Waals surface area contributed by atoms with Crippen molar-refractivity contribution in [2.45, 2.75) is 19.8 Å². The zero-order chi connectivity index (χ0) is 13.8. The largest absolute Gasteiger partial charge is 0.497 e. The summed E-state index contributed by atoms with van der Waals surface area (Å²) in [6, 6.07) is 4.04. The highest BCUT2D eigenvalue weighted by Crippen LogP contribution is 2.22. The maximum absolute atomic E-state index is 13.6. The number of ether oxygens (including phenoxy) is 1. The molecule has 104 valence electrons. The number of likely N-dealkylation sites (tertiary alicyclic amines) is 1. The van der Waals surface area contributed by atoms with Gasteiger partial charge in [-0.1, -0.05) is 6.92 Å². The quantitative estimate of drug-likeness (QED) is 0.893. The second-order valence-corrected chi connectivity index (χ2v) is 4.95. The van der Waals surface area contributed by atoms with E-state index < -0.39 is 5.82 Å². The summed E-state index contributed by atoms with van der Waals surface area (Å²) in [5.74, 6) is 0.709. The minimum Gasteiger partial charge on any atom is -0.497 e. The van der Waals surface area contributed by atoms with Crippen LogP contribution in [0.25, 0.3) is 0 Å². The molecule has 1 aliphatic heterocycles. The first-order valence-corrected chi connectivity index (χ1v) is 6.49. The molecule has 4 nitrogen and oxygen atoms in total. The van der Waals surface area contributed by atoms with E-state index in [-0.39, 0.29) is 11.7 Å². The van der Waals surface area contributed by atoms with Crippen molar-refractivity contribution in [2.75, 3.05) is 25.5 Å². The van der Waals surface area contributed by atoms with Crippen molar-refractivity contribution in [3.63, 3.8) is 0 Å². The minimum absolute atomic E-state index is 0.156. The lowest BCUT2D eigenvalue weighted by atomic mass is 10.00. The van der Waals surface area contributed by atoms with E-state index in [1.165, 1.54) is 25.3 Å². The summed E-state index contributed by atoms with van der Waals surface area (Å²) in [7, 11) is 1.50. The van der Waals surface area contributed by atoms with Gasteiger partial charge in [0.15, 0.2) is 0 Å². The van der Waals surface area contributed by atoms with Crippen molar-refractivity contribution in [2.24, 2.45) is 5.92 Å². The Morgan fingerprint density at radius 3 is 2.74 bits per heavy atom. The van der Waals surface area contributed by atoms with Gasteiger partial charge in [-0.05, 0) is 30.9 Å². The molecule has 0 spiro atoms. The van der Waals surface area contributed by atoms with Gasteiger partial charge in [0.05, 0.1) is 12.8 Å². The fourth-order valence-electron chi connectivity index (χ4n) is 2.13. The first-order valence-electron chi connectivity index (χ1n) is 6.49. The standard InChI is InChI=1S/C14H19FN2O2/c1-10-5-7-17(8-6-10)14(18)16-13-9-11(19-2)3-4-12(13)15/h3-4,9-10H,5-8H2,1-2H3,(H,16,18). The lowest BCUT2D eigenvalue weighted by Crippen LogP contribution is -2.40. The molecule has 0 atom stereocenters. The minimum atomic E-state index is -0.459. The van der Waals surface area contributed by atoms with Crippen LogP contribution in [0.2, 0.25) is 0 Å². The van der Waals surface area contributed by atoms with Gasteiger partial charge in [-0.2, -0.15) is 0 Å². The Labute approximate surface area is 112 Å². The SMILES string of the molecule is COc1ccc(F)c(NC(=O)N2CCC(C)CC2)c1. The molecule has 1 aromatic carbocycles. The molecule has 2 amide bonds. The number of hydrogen-bond acceptors (Lipinski definition) is 2. The van der Waals surface area contributed by atoms with E-state index in [2.05, 4.69) is 12.2 Å². The van der Waals surface area contributed by atoms with E-state index in [0.29, 0.717) is 11.7 Å². The first-order chi connectivity index (χ1) is 9.10. The molecular formula is C14H19FN2O2. The molecule has 0 aromatic heterocycles. The van der Waals surface area contributed by atoms with E-state index in [4.69, 9.17) is 4.74 Å². The monoisotopic (exact) mass is 266 g/mol. The van der Waals surface area contributed by atoms with Crippen molar-refractivity contribution in [3.05, 3.63) is 24.0 Å². The first kappa shape index (κ1) is 13.6. The smallest absolute Gasteiger partial charge is 0.321 e. The van der Waals surface area contributed by atoms with E-state index in [9.17, 15) is 9.18 Å². The molecule has 0 bridgehead atoms. The van der Waals surface area contributed by atoms with Crippen molar-refractivity contribution in [1.82, 2.24) is 4.90 Å². The number of halogens is 1. The summed E-state index contributed by atoms with van der Waals surface area (Å²) in [6.07, 6.45) is 1.99. The van der Waals surface area contributed by atoms with Crippen LogP contribution >= 0.6 is 0 Å². The number of amides is 2. The van der Waals surface area contributed by atoms with Crippen LogP contribution in [0.5, 0.6) is 5.75 Å². The highest BCUT2D eigenvalue weighted by Gasteiger charge is 2.21. The van der Waals surface area contributed by atoms with E-state index in [0.717, 1.165) is 25.9 Å². The number of rotatable bonds is 2. The number of carbonyl (C=O) groups is 1. The number of methoxy groups -OCH3 is 1. The maximum Gasteiger partial charge on any atom is 0.321 e. The number of anilines is 1. The molecule has 0 radical (unpaired) electrons. The number of urea groups is 1. The zero-order valence-corrected chi connectivity index (χ0v) is 11.3. The Bertz CT molecular complexity index is 457. The summed E-state index contributed by atoms with van der Waals surface area (Å²) in [5.41, 5.74) is 0.156. The summed E-state index contributed by atoms with van der Waals surface area (Å²) in [6.45, 7) is 3.62. The number of nitrogens with one attached hydrogen (secondary N) is 1. The van der Waals surface area contributed by atoms with Crippen LogP contribution in [-0.4, -0.2) is 31.1 Å². The fraction of sp³-hybridized carbons (Fsp3) is 0.500. The van der Waals surface area contributed by atoms with Gasteiger partial charge in [-0.25, -0.2) is 9.18 Å².